The summed E-state index contributed by atoms with van der Waals surface area (Å²) >= 11 is 4.49. The van der Waals surface area contributed by atoms with Gasteiger partial charge in [0.1, 0.15) is 0 Å². The van der Waals surface area contributed by atoms with Crippen molar-refractivity contribution in [3.63, 3.8) is 0 Å². The van der Waals surface area contributed by atoms with Gasteiger partial charge in [-0.15, -0.1) is 32.9 Å². The highest BCUT2D eigenvalue weighted by molar-refractivity contribution is 7.99. The van der Waals surface area contributed by atoms with Crippen molar-refractivity contribution in [1.29, 1.82) is 0 Å². The maximum absolute atomic E-state index is 13.0. The highest BCUT2D eigenvalue weighted by Gasteiger charge is 2.34. The monoisotopic (exact) mass is 453 g/mol. The van der Waals surface area contributed by atoms with E-state index in [-0.39, 0.29) is 17.7 Å². The first-order valence-corrected chi connectivity index (χ1v) is 11.9. The molecule has 10 heteroatoms. The van der Waals surface area contributed by atoms with E-state index in [4.69, 9.17) is 4.42 Å². The minimum absolute atomic E-state index is 0.0798. The molecule has 5 rings (SSSR count). The summed E-state index contributed by atoms with van der Waals surface area (Å²) in [6, 6.07) is 11.7. The van der Waals surface area contributed by atoms with Crippen LogP contribution in [0.4, 0.5) is 0 Å². The summed E-state index contributed by atoms with van der Waals surface area (Å²) < 4.78 is 5.66. The minimum atomic E-state index is -0.0916. The SMILES string of the molecule is O=C(CSc1nnc(-c2cccnc2)o1)N1N=C(c2cccs2)CC1c1cccs1. The molecule has 150 valence electrons. The van der Waals surface area contributed by atoms with Crippen LogP contribution in [0.15, 0.2) is 74.3 Å². The molecule has 4 aromatic heterocycles. The molecule has 0 saturated heterocycles. The number of hydrogen-bond acceptors (Lipinski definition) is 9. The Morgan fingerprint density at radius 1 is 1.17 bits per heavy atom. The van der Waals surface area contributed by atoms with E-state index in [1.807, 2.05) is 41.1 Å². The first-order chi connectivity index (χ1) is 14.8. The number of aromatic nitrogens is 3. The van der Waals surface area contributed by atoms with E-state index in [0.717, 1.165) is 21.0 Å². The molecule has 7 nitrogen and oxygen atoms in total. The number of thiophene rings is 2. The van der Waals surface area contributed by atoms with Crippen LogP contribution in [-0.2, 0) is 4.79 Å². The molecule has 1 aliphatic heterocycles. The Morgan fingerprint density at radius 2 is 2.07 bits per heavy atom. The highest BCUT2D eigenvalue weighted by Crippen LogP contribution is 2.36. The summed E-state index contributed by atoms with van der Waals surface area (Å²) in [5, 5.41) is 18.7. The Balaban J connectivity index is 1.31. The summed E-state index contributed by atoms with van der Waals surface area (Å²) in [5.74, 6) is 0.456. The molecule has 0 fully saturated rings. The van der Waals surface area contributed by atoms with Gasteiger partial charge in [0, 0.05) is 23.7 Å². The van der Waals surface area contributed by atoms with Crippen molar-refractivity contribution in [2.24, 2.45) is 5.10 Å². The van der Waals surface area contributed by atoms with Gasteiger partial charge in [-0.1, -0.05) is 23.9 Å². The standard InChI is InChI=1S/C20H15N5O2S3/c26-18(12-30-20-23-22-19(27-20)13-4-1-7-21-11-13)25-15(17-6-3-9-29-17)10-14(24-25)16-5-2-8-28-16/h1-9,11,15H,10,12H2. The van der Waals surface area contributed by atoms with Gasteiger partial charge in [0.2, 0.25) is 5.89 Å². The lowest BCUT2D eigenvalue weighted by atomic mass is 10.1. The van der Waals surface area contributed by atoms with E-state index in [1.165, 1.54) is 11.8 Å². The average Bonchev–Trinajstić information content (AvgIpc) is 3.57. The van der Waals surface area contributed by atoms with Crippen LogP contribution in [0, 0.1) is 0 Å². The van der Waals surface area contributed by atoms with Gasteiger partial charge >= 0.3 is 0 Å². The summed E-state index contributed by atoms with van der Waals surface area (Å²) in [5.41, 5.74) is 1.68. The third-order valence-electron chi connectivity index (χ3n) is 4.48. The van der Waals surface area contributed by atoms with Crippen LogP contribution < -0.4 is 0 Å². The van der Waals surface area contributed by atoms with Crippen molar-refractivity contribution in [3.05, 3.63) is 69.3 Å². The number of rotatable bonds is 6. The van der Waals surface area contributed by atoms with Crippen LogP contribution in [0.3, 0.4) is 0 Å². The maximum Gasteiger partial charge on any atom is 0.277 e. The van der Waals surface area contributed by atoms with Crippen LogP contribution in [-0.4, -0.2) is 37.6 Å². The average molecular weight is 454 g/mol. The molecule has 1 unspecified atom stereocenters. The lowest BCUT2D eigenvalue weighted by Crippen LogP contribution is -2.28. The van der Waals surface area contributed by atoms with Crippen molar-refractivity contribution in [2.45, 2.75) is 17.7 Å². The molecule has 0 aromatic carbocycles. The van der Waals surface area contributed by atoms with Gasteiger partial charge in [0.25, 0.3) is 11.1 Å². The second kappa shape index (κ2) is 8.50. The minimum Gasteiger partial charge on any atom is -0.411 e. The van der Waals surface area contributed by atoms with Gasteiger partial charge in [0.05, 0.1) is 27.9 Å². The third-order valence-corrected chi connectivity index (χ3v) is 7.17. The summed E-state index contributed by atoms with van der Waals surface area (Å²) in [6.07, 6.45) is 4.05. The summed E-state index contributed by atoms with van der Waals surface area (Å²) in [4.78, 5) is 19.3. The zero-order chi connectivity index (χ0) is 20.3. The van der Waals surface area contributed by atoms with Crippen molar-refractivity contribution in [1.82, 2.24) is 20.2 Å². The second-order valence-electron chi connectivity index (χ2n) is 6.40. The number of carbonyl (C=O) groups is 1. The molecule has 5 heterocycles. The first-order valence-electron chi connectivity index (χ1n) is 9.11. The highest BCUT2D eigenvalue weighted by atomic mass is 32.2. The lowest BCUT2D eigenvalue weighted by Gasteiger charge is -2.20. The fraction of sp³-hybridized carbons (Fsp3) is 0.150. The molecule has 0 radical (unpaired) electrons. The zero-order valence-corrected chi connectivity index (χ0v) is 18.0. The van der Waals surface area contributed by atoms with Gasteiger partial charge < -0.3 is 4.42 Å². The molecule has 0 N–H and O–H groups in total. The van der Waals surface area contributed by atoms with E-state index in [9.17, 15) is 4.79 Å². The molecule has 4 aromatic rings. The topological polar surface area (TPSA) is 84.5 Å². The van der Waals surface area contributed by atoms with E-state index in [2.05, 4.69) is 20.3 Å². The van der Waals surface area contributed by atoms with Crippen LogP contribution in [0.2, 0.25) is 0 Å². The van der Waals surface area contributed by atoms with Gasteiger partial charge in [-0.05, 0) is 35.0 Å². The molecular formula is C20H15N5O2S3. The number of carbonyl (C=O) groups excluding carboxylic acids is 1. The van der Waals surface area contributed by atoms with Crippen LogP contribution >= 0.6 is 34.4 Å². The molecule has 30 heavy (non-hydrogen) atoms. The predicted molar refractivity (Wildman–Crippen MR) is 118 cm³/mol. The van der Waals surface area contributed by atoms with E-state index < -0.39 is 0 Å². The largest absolute Gasteiger partial charge is 0.411 e. The van der Waals surface area contributed by atoms with Crippen molar-refractivity contribution in [3.8, 4) is 11.5 Å². The van der Waals surface area contributed by atoms with Gasteiger partial charge in [-0.2, -0.15) is 5.10 Å². The van der Waals surface area contributed by atoms with Crippen molar-refractivity contribution >= 4 is 46.1 Å². The summed E-state index contributed by atoms with van der Waals surface area (Å²) in [7, 11) is 0. The van der Waals surface area contributed by atoms with Crippen LogP contribution in [0.1, 0.15) is 22.2 Å². The Hall–Kier alpha value is -2.82. The fourth-order valence-electron chi connectivity index (χ4n) is 3.10. The smallest absolute Gasteiger partial charge is 0.277 e. The lowest BCUT2D eigenvalue weighted by molar-refractivity contribution is -0.130. The molecule has 1 atom stereocenters. The van der Waals surface area contributed by atoms with Crippen LogP contribution in [0.25, 0.3) is 11.5 Å². The van der Waals surface area contributed by atoms with Gasteiger partial charge in [0.15, 0.2) is 0 Å². The van der Waals surface area contributed by atoms with E-state index in [1.54, 1.807) is 46.1 Å². The fourth-order valence-corrected chi connectivity index (χ4v) is 5.25. The molecule has 0 bridgehead atoms. The molecule has 0 aliphatic carbocycles. The molecular weight excluding hydrogens is 438 g/mol. The normalized spacial score (nSPS) is 16.1. The van der Waals surface area contributed by atoms with Crippen molar-refractivity contribution in [2.75, 3.05) is 5.75 Å². The quantitative estimate of drug-likeness (QED) is 0.393. The zero-order valence-electron chi connectivity index (χ0n) is 15.5. The third kappa shape index (κ3) is 3.93. The number of pyridine rings is 1. The first kappa shape index (κ1) is 19.2. The van der Waals surface area contributed by atoms with Crippen molar-refractivity contribution < 1.29 is 9.21 Å². The Morgan fingerprint density at radius 3 is 2.83 bits per heavy atom. The van der Waals surface area contributed by atoms with Gasteiger partial charge in [-0.3, -0.25) is 9.78 Å². The van der Waals surface area contributed by atoms with Crippen LogP contribution in [0.5, 0.6) is 0 Å². The summed E-state index contributed by atoms with van der Waals surface area (Å²) in [6.45, 7) is 0. The predicted octanol–water partition coefficient (Wildman–Crippen LogP) is 4.72. The molecule has 0 saturated carbocycles. The number of thioether (sulfide) groups is 1. The Labute approximate surface area is 184 Å². The van der Waals surface area contributed by atoms with E-state index in [0.29, 0.717) is 17.5 Å². The maximum atomic E-state index is 13.0. The van der Waals surface area contributed by atoms with E-state index >= 15 is 0 Å². The van der Waals surface area contributed by atoms with Gasteiger partial charge in [-0.25, -0.2) is 5.01 Å². The Bertz CT molecular complexity index is 1160. The molecule has 0 spiro atoms. The number of hydrogen-bond donors (Lipinski definition) is 0. The second-order valence-corrected chi connectivity index (χ2v) is 9.25. The molecule has 1 amide bonds. The number of hydrazone groups is 1. The Kier molecular flexibility index (Phi) is 5.43. The number of nitrogens with zero attached hydrogens (tertiary/aromatic N) is 5. The number of amides is 1. The molecule has 1 aliphatic rings.